The molecule has 7 heteroatoms. The van der Waals surface area contributed by atoms with Crippen LogP contribution in [0.15, 0.2) is 55.8 Å². The Bertz CT molecular complexity index is 1250. The minimum Gasteiger partial charge on any atom is -0.493 e. The Hall–Kier alpha value is -3.87. The molecule has 4 nitrogen and oxygen atoms in total. The molecule has 1 amide bonds. The molecule has 0 spiro atoms. The molecule has 0 saturated heterocycles. The first-order chi connectivity index (χ1) is 15.2. The summed E-state index contributed by atoms with van der Waals surface area (Å²) >= 11 is 0. The Morgan fingerprint density at radius 2 is 1.75 bits per heavy atom. The van der Waals surface area contributed by atoms with Gasteiger partial charge in [-0.3, -0.25) is 9.78 Å². The molecule has 0 aliphatic rings. The number of amides is 1. The molecule has 0 aliphatic carbocycles. The zero-order valence-corrected chi connectivity index (χ0v) is 17.9. The number of hydrogen-bond acceptors (Lipinski definition) is 3. The maximum atomic E-state index is 14.3. The topological polar surface area (TPSA) is 51.2 Å². The summed E-state index contributed by atoms with van der Waals surface area (Å²) in [6.07, 6.45) is 2.64. The number of carbonyl (C=O) groups is 1. The zero-order valence-electron chi connectivity index (χ0n) is 17.9. The summed E-state index contributed by atoms with van der Waals surface area (Å²) in [5.41, 5.74) is 3.42. The average molecular weight is 438 g/mol. The second kappa shape index (κ2) is 9.09. The second-order valence-corrected chi connectivity index (χ2v) is 7.12. The van der Waals surface area contributed by atoms with Crippen molar-refractivity contribution in [1.82, 2.24) is 4.98 Å². The van der Waals surface area contributed by atoms with Gasteiger partial charge in [-0.2, -0.15) is 0 Å². The third kappa shape index (κ3) is 4.42. The molecule has 0 atom stereocenters. The number of nitrogens with zero attached hydrogens (tertiary/aromatic N) is 1. The molecular formula is C25H21F3N2O2. The van der Waals surface area contributed by atoms with Crippen LogP contribution in [-0.2, 0) is 4.79 Å². The Labute approximate surface area is 184 Å². The number of methoxy groups -OCH3 is 1. The van der Waals surface area contributed by atoms with Crippen molar-refractivity contribution < 1.29 is 22.7 Å². The number of aryl methyl sites for hydroxylation is 1. The molecular weight excluding hydrogens is 417 g/mol. The lowest BCUT2D eigenvalue weighted by atomic mass is 9.93. The van der Waals surface area contributed by atoms with E-state index in [4.69, 9.17) is 4.74 Å². The van der Waals surface area contributed by atoms with Gasteiger partial charge in [0.2, 0.25) is 5.91 Å². The van der Waals surface area contributed by atoms with Crippen LogP contribution >= 0.6 is 0 Å². The standard InChI is InChI=1S/C25H21F3N2O2/c1-6-24(31)30-23-11-18(27)8-20(14(23)3)16-7-19(15(4)29-12-16)13(2)21-9-17(26)10-22(28)25(21)32-5/h6-12H,1-2H2,3-5H3,(H,30,31). The largest absolute Gasteiger partial charge is 0.493 e. The lowest BCUT2D eigenvalue weighted by molar-refractivity contribution is -0.111. The van der Waals surface area contributed by atoms with Gasteiger partial charge in [-0.15, -0.1) is 0 Å². The van der Waals surface area contributed by atoms with Crippen molar-refractivity contribution in [2.45, 2.75) is 13.8 Å². The third-order valence-corrected chi connectivity index (χ3v) is 5.08. The number of carbonyl (C=O) groups excluding carboxylic acids is 1. The Morgan fingerprint density at radius 1 is 1.06 bits per heavy atom. The third-order valence-electron chi connectivity index (χ3n) is 5.08. The first kappa shape index (κ1) is 22.8. The van der Waals surface area contributed by atoms with Crippen LogP contribution in [0.5, 0.6) is 5.75 Å². The van der Waals surface area contributed by atoms with Gasteiger partial charge in [-0.05, 0) is 60.9 Å². The molecule has 0 radical (unpaired) electrons. The predicted molar refractivity (Wildman–Crippen MR) is 119 cm³/mol. The van der Waals surface area contributed by atoms with Gasteiger partial charge < -0.3 is 10.1 Å². The first-order valence-electron chi connectivity index (χ1n) is 9.59. The summed E-state index contributed by atoms with van der Waals surface area (Å²) in [5.74, 6) is -2.79. The number of aromatic nitrogens is 1. The average Bonchev–Trinajstić information content (AvgIpc) is 2.75. The molecule has 1 N–H and O–H groups in total. The van der Waals surface area contributed by atoms with E-state index in [0.29, 0.717) is 39.2 Å². The molecule has 3 rings (SSSR count). The van der Waals surface area contributed by atoms with Gasteiger partial charge in [0.15, 0.2) is 11.6 Å². The predicted octanol–water partition coefficient (Wildman–Crippen LogP) is 5.98. The van der Waals surface area contributed by atoms with E-state index in [1.54, 1.807) is 26.1 Å². The summed E-state index contributed by atoms with van der Waals surface area (Å²) in [6.45, 7) is 10.8. The highest BCUT2D eigenvalue weighted by atomic mass is 19.1. The smallest absolute Gasteiger partial charge is 0.247 e. The molecule has 0 bridgehead atoms. The van der Waals surface area contributed by atoms with Crippen molar-refractivity contribution in [3.8, 4) is 16.9 Å². The SMILES string of the molecule is C=CC(=O)Nc1cc(F)cc(-c2cnc(C)c(C(=C)c3cc(F)cc(F)c3OC)c2)c1C. The number of pyridine rings is 1. The van der Waals surface area contributed by atoms with Crippen LogP contribution in [0.2, 0.25) is 0 Å². The first-order valence-corrected chi connectivity index (χ1v) is 9.59. The van der Waals surface area contributed by atoms with Crippen LogP contribution in [0.4, 0.5) is 18.9 Å². The molecule has 1 aromatic heterocycles. The van der Waals surface area contributed by atoms with E-state index in [1.807, 2.05) is 0 Å². The monoisotopic (exact) mass is 438 g/mol. The van der Waals surface area contributed by atoms with Crippen LogP contribution in [0, 0.1) is 31.3 Å². The molecule has 32 heavy (non-hydrogen) atoms. The molecule has 0 unspecified atom stereocenters. The lowest BCUT2D eigenvalue weighted by Gasteiger charge is -2.17. The van der Waals surface area contributed by atoms with Gasteiger partial charge in [-0.25, -0.2) is 13.2 Å². The van der Waals surface area contributed by atoms with E-state index in [1.165, 1.54) is 19.2 Å². The molecule has 0 fully saturated rings. The molecule has 3 aromatic rings. The van der Waals surface area contributed by atoms with Gasteiger partial charge >= 0.3 is 0 Å². The maximum absolute atomic E-state index is 14.3. The highest BCUT2D eigenvalue weighted by Gasteiger charge is 2.19. The highest BCUT2D eigenvalue weighted by Crippen LogP contribution is 2.36. The van der Waals surface area contributed by atoms with Crippen molar-refractivity contribution in [3.63, 3.8) is 0 Å². The second-order valence-electron chi connectivity index (χ2n) is 7.12. The summed E-state index contributed by atoms with van der Waals surface area (Å²) in [6, 6.07) is 6.09. The van der Waals surface area contributed by atoms with Crippen LogP contribution in [-0.4, -0.2) is 18.0 Å². The van der Waals surface area contributed by atoms with E-state index in [-0.39, 0.29) is 11.3 Å². The number of hydrogen-bond donors (Lipinski definition) is 1. The zero-order chi connectivity index (χ0) is 23.6. The Kier molecular flexibility index (Phi) is 6.48. The molecule has 0 aliphatic heterocycles. The lowest BCUT2D eigenvalue weighted by Crippen LogP contribution is -2.09. The van der Waals surface area contributed by atoms with Crippen LogP contribution < -0.4 is 10.1 Å². The summed E-state index contributed by atoms with van der Waals surface area (Å²) in [5, 5.41) is 2.58. The van der Waals surface area contributed by atoms with Gasteiger partial charge in [0, 0.05) is 40.3 Å². The minimum absolute atomic E-state index is 0.141. The Balaban J connectivity index is 2.15. The van der Waals surface area contributed by atoms with Crippen LogP contribution in [0.3, 0.4) is 0 Å². The fourth-order valence-corrected chi connectivity index (χ4v) is 3.42. The van der Waals surface area contributed by atoms with Crippen molar-refractivity contribution >= 4 is 17.2 Å². The van der Waals surface area contributed by atoms with Gasteiger partial charge in [-0.1, -0.05) is 13.2 Å². The van der Waals surface area contributed by atoms with Crippen molar-refractivity contribution in [2.75, 3.05) is 12.4 Å². The molecule has 164 valence electrons. The summed E-state index contributed by atoms with van der Waals surface area (Å²) < 4.78 is 47.5. The van der Waals surface area contributed by atoms with E-state index < -0.39 is 23.4 Å². The summed E-state index contributed by atoms with van der Waals surface area (Å²) in [7, 11) is 1.28. The van der Waals surface area contributed by atoms with Gasteiger partial charge in [0.05, 0.1) is 7.11 Å². The number of anilines is 1. The normalized spacial score (nSPS) is 10.6. The van der Waals surface area contributed by atoms with Crippen LogP contribution in [0.1, 0.15) is 22.4 Å². The Morgan fingerprint density at radius 3 is 2.41 bits per heavy atom. The van der Waals surface area contributed by atoms with Gasteiger partial charge in [0.25, 0.3) is 0 Å². The van der Waals surface area contributed by atoms with Crippen LogP contribution in [0.25, 0.3) is 16.7 Å². The number of nitrogens with one attached hydrogen (secondary N) is 1. The molecule has 2 aromatic carbocycles. The maximum Gasteiger partial charge on any atom is 0.247 e. The van der Waals surface area contributed by atoms with E-state index in [2.05, 4.69) is 23.5 Å². The minimum atomic E-state index is -0.853. The molecule has 1 heterocycles. The van der Waals surface area contributed by atoms with E-state index in [0.717, 1.165) is 18.2 Å². The number of benzene rings is 2. The van der Waals surface area contributed by atoms with Gasteiger partial charge in [0.1, 0.15) is 11.6 Å². The number of ether oxygens (including phenoxy) is 1. The van der Waals surface area contributed by atoms with E-state index in [9.17, 15) is 18.0 Å². The quantitative estimate of drug-likeness (QED) is 0.482. The molecule has 0 saturated carbocycles. The number of rotatable bonds is 6. The van der Waals surface area contributed by atoms with Crippen molar-refractivity contribution in [1.29, 1.82) is 0 Å². The van der Waals surface area contributed by atoms with Crippen molar-refractivity contribution in [2.24, 2.45) is 0 Å². The fourth-order valence-electron chi connectivity index (χ4n) is 3.42. The fraction of sp³-hybridized carbons (Fsp3) is 0.120. The van der Waals surface area contributed by atoms with Crippen molar-refractivity contribution in [3.05, 3.63) is 95.6 Å². The van der Waals surface area contributed by atoms with E-state index >= 15 is 0 Å². The number of halogens is 3. The highest BCUT2D eigenvalue weighted by molar-refractivity contribution is 6.00. The summed E-state index contributed by atoms with van der Waals surface area (Å²) in [4.78, 5) is 16.1.